The molecule has 2 unspecified atom stereocenters. The van der Waals surface area contributed by atoms with Crippen molar-refractivity contribution in [1.82, 2.24) is 0 Å². The molecule has 6 nitrogen and oxygen atoms in total. The minimum Gasteiger partial charge on any atom is -0.507 e. The van der Waals surface area contributed by atoms with Gasteiger partial charge in [-0.05, 0) is 18.9 Å². The van der Waals surface area contributed by atoms with Crippen molar-refractivity contribution in [3.8, 4) is 11.5 Å². The van der Waals surface area contributed by atoms with E-state index in [1.807, 2.05) is 0 Å². The number of esters is 1. The summed E-state index contributed by atoms with van der Waals surface area (Å²) in [7, 11) is 0. The molecular formula is C20H25ClO6. The zero-order chi connectivity index (χ0) is 20.0. The number of rotatable bonds is 0. The number of hydrogen-bond donors (Lipinski definition) is 2. The number of allylic oxidation sites excluding steroid dienone is 2. The first kappa shape index (κ1) is 21.3. The quantitative estimate of drug-likeness (QED) is 0.509. The van der Waals surface area contributed by atoms with Gasteiger partial charge in [0, 0.05) is 24.5 Å². The summed E-state index contributed by atoms with van der Waals surface area (Å²) >= 11 is 6.03. The normalized spacial score (nSPS) is 23.7. The summed E-state index contributed by atoms with van der Waals surface area (Å²) in [6.07, 6.45) is 6.47. The minimum atomic E-state index is -0.782. The number of phenols is 2. The van der Waals surface area contributed by atoms with Crippen LogP contribution in [0.5, 0.6) is 11.5 Å². The number of halogens is 1. The van der Waals surface area contributed by atoms with E-state index in [1.165, 1.54) is 12.5 Å². The van der Waals surface area contributed by atoms with E-state index in [4.69, 9.17) is 21.1 Å². The molecule has 27 heavy (non-hydrogen) atoms. The van der Waals surface area contributed by atoms with E-state index in [9.17, 15) is 19.8 Å². The summed E-state index contributed by atoms with van der Waals surface area (Å²) in [5.74, 6) is -1.94. The topological polar surface area (TPSA) is 96.4 Å². The van der Waals surface area contributed by atoms with Crippen LogP contribution in [0.2, 0.25) is 5.02 Å². The smallest absolute Gasteiger partial charge is 0.342 e. The molecule has 7 heteroatoms. The number of ketones is 1. The number of benzene rings is 1. The van der Waals surface area contributed by atoms with Crippen LogP contribution in [-0.2, 0) is 20.7 Å². The summed E-state index contributed by atoms with van der Waals surface area (Å²) in [5.41, 5.74) is -0.128. The number of cyclic esters (lactones) is 1. The van der Waals surface area contributed by atoms with Gasteiger partial charge in [-0.15, -0.1) is 0 Å². The standard InChI is InChI=1S/C17H17ClO6.C3H8/c18-16-10-7-9(19)3-1-2-4-13-14(24-13)5-6-23-17(22)15(10)11(20)8-12(16)21;1-3-2/h1,3,8,13-14,20-21H,2,4-7H2;3H2,1-2H3/b3-1+;. The van der Waals surface area contributed by atoms with Crippen LogP contribution in [0.1, 0.15) is 55.5 Å². The highest BCUT2D eigenvalue weighted by Crippen LogP contribution is 2.37. The van der Waals surface area contributed by atoms with Gasteiger partial charge in [-0.1, -0.05) is 37.9 Å². The summed E-state index contributed by atoms with van der Waals surface area (Å²) in [6, 6.07) is 0.964. The van der Waals surface area contributed by atoms with Crippen LogP contribution in [0, 0.1) is 0 Å². The van der Waals surface area contributed by atoms with E-state index in [0.29, 0.717) is 12.8 Å². The Labute approximate surface area is 163 Å². The second-order valence-corrected chi connectivity index (χ2v) is 6.93. The molecule has 2 aliphatic rings. The fraction of sp³-hybridized carbons (Fsp3) is 0.500. The summed E-state index contributed by atoms with van der Waals surface area (Å²) < 4.78 is 10.6. The highest BCUT2D eigenvalue weighted by atomic mass is 35.5. The van der Waals surface area contributed by atoms with Gasteiger partial charge in [-0.2, -0.15) is 0 Å². The van der Waals surface area contributed by atoms with E-state index in [1.54, 1.807) is 6.08 Å². The van der Waals surface area contributed by atoms with Crippen molar-refractivity contribution in [2.24, 2.45) is 0 Å². The van der Waals surface area contributed by atoms with Crippen molar-refractivity contribution in [3.05, 3.63) is 34.4 Å². The Balaban J connectivity index is 0.000000817. The number of epoxide rings is 1. The maximum Gasteiger partial charge on any atom is 0.342 e. The third kappa shape index (κ3) is 5.71. The lowest BCUT2D eigenvalue weighted by Gasteiger charge is -2.13. The number of phenolic OH excluding ortho intramolecular Hbond substituents is 2. The van der Waals surface area contributed by atoms with Crippen LogP contribution in [0.15, 0.2) is 18.2 Å². The SMILES string of the molecule is CCC.O=C1/C=C/CCC2OC2CCOC(=O)c2c(O)cc(O)c(Cl)c2C1. The Kier molecular flexibility index (Phi) is 7.68. The number of aromatic hydroxyl groups is 2. The Hall–Kier alpha value is -2.05. The van der Waals surface area contributed by atoms with Gasteiger partial charge in [0.25, 0.3) is 0 Å². The van der Waals surface area contributed by atoms with Gasteiger partial charge in [0.2, 0.25) is 0 Å². The third-order valence-corrected chi connectivity index (χ3v) is 4.54. The molecule has 1 saturated heterocycles. The van der Waals surface area contributed by atoms with Crippen LogP contribution < -0.4 is 0 Å². The van der Waals surface area contributed by atoms with Gasteiger partial charge in [-0.3, -0.25) is 4.79 Å². The highest BCUT2D eigenvalue weighted by molar-refractivity contribution is 6.33. The molecule has 1 fully saturated rings. The largest absolute Gasteiger partial charge is 0.507 e. The second kappa shape index (κ2) is 9.76. The predicted molar refractivity (Wildman–Crippen MR) is 101 cm³/mol. The number of carbonyl (C=O) groups is 2. The Morgan fingerprint density at radius 2 is 1.81 bits per heavy atom. The van der Waals surface area contributed by atoms with Crippen molar-refractivity contribution in [2.75, 3.05) is 6.61 Å². The molecule has 148 valence electrons. The van der Waals surface area contributed by atoms with Gasteiger partial charge >= 0.3 is 5.97 Å². The molecule has 2 aliphatic heterocycles. The van der Waals surface area contributed by atoms with Crippen LogP contribution >= 0.6 is 11.6 Å². The molecule has 0 aromatic heterocycles. The van der Waals surface area contributed by atoms with Gasteiger partial charge in [0.15, 0.2) is 5.78 Å². The van der Waals surface area contributed by atoms with E-state index < -0.39 is 17.5 Å². The Bertz CT molecular complexity index is 728. The second-order valence-electron chi connectivity index (χ2n) is 6.55. The van der Waals surface area contributed by atoms with Crippen molar-refractivity contribution >= 4 is 23.4 Å². The van der Waals surface area contributed by atoms with E-state index >= 15 is 0 Å². The van der Waals surface area contributed by atoms with Gasteiger partial charge in [0.05, 0.1) is 23.8 Å². The minimum absolute atomic E-state index is 0.0568. The molecule has 0 radical (unpaired) electrons. The van der Waals surface area contributed by atoms with E-state index in [-0.39, 0.29) is 47.2 Å². The fourth-order valence-electron chi connectivity index (χ4n) is 2.81. The molecule has 2 heterocycles. The third-order valence-electron chi connectivity index (χ3n) is 4.12. The average molecular weight is 397 g/mol. The van der Waals surface area contributed by atoms with Crippen LogP contribution in [-0.4, -0.2) is 40.8 Å². The number of ether oxygens (including phenoxy) is 2. The predicted octanol–water partition coefficient (Wildman–Crippen LogP) is 3.94. The number of carbonyl (C=O) groups excluding carboxylic acids is 2. The van der Waals surface area contributed by atoms with Gasteiger partial charge in [0.1, 0.15) is 17.1 Å². The van der Waals surface area contributed by atoms with E-state index in [0.717, 1.165) is 12.5 Å². The lowest BCUT2D eigenvalue weighted by Crippen LogP contribution is -2.14. The van der Waals surface area contributed by atoms with Gasteiger partial charge < -0.3 is 19.7 Å². The van der Waals surface area contributed by atoms with Crippen LogP contribution in [0.3, 0.4) is 0 Å². The first-order chi connectivity index (χ1) is 12.9. The summed E-state index contributed by atoms with van der Waals surface area (Å²) in [6.45, 7) is 4.39. The highest BCUT2D eigenvalue weighted by Gasteiger charge is 2.37. The molecule has 2 atom stereocenters. The molecule has 0 aliphatic carbocycles. The first-order valence-electron chi connectivity index (χ1n) is 9.14. The molecule has 1 aromatic rings. The fourth-order valence-corrected chi connectivity index (χ4v) is 3.03. The van der Waals surface area contributed by atoms with Crippen molar-refractivity contribution in [2.45, 2.75) is 58.2 Å². The zero-order valence-electron chi connectivity index (χ0n) is 15.5. The number of hydrogen-bond acceptors (Lipinski definition) is 6. The maximum atomic E-state index is 12.3. The molecule has 0 spiro atoms. The molecule has 1 aromatic carbocycles. The summed E-state index contributed by atoms with van der Waals surface area (Å²) in [5, 5.41) is 19.6. The average Bonchev–Trinajstić information content (AvgIpc) is 3.34. The molecule has 0 bridgehead atoms. The Morgan fingerprint density at radius 1 is 1.15 bits per heavy atom. The van der Waals surface area contributed by atoms with Crippen LogP contribution in [0.4, 0.5) is 0 Å². The molecule has 2 N–H and O–H groups in total. The maximum absolute atomic E-state index is 12.3. The lowest BCUT2D eigenvalue weighted by molar-refractivity contribution is -0.114. The monoisotopic (exact) mass is 396 g/mol. The molecule has 0 saturated carbocycles. The molecule has 3 rings (SSSR count). The first-order valence-corrected chi connectivity index (χ1v) is 9.52. The zero-order valence-corrected chi connectivity index (χ0v) is 16.3. The number of fused-ring (bicyclic) bond motifs is 2. The molecule has 0 amide bonds. The van der Waals surface area contributed by atoms with Crippen molar-refractivity contribution in [1.29, 1.82) is 0 Å². The van der Waals surface area contributed by atoms with Crippen molar-refractivity contribution in [3.63, 3.8) is 0 Å². The Morgan fingerprint density at radius 3 is 2.52 bits per heavy atom. The van der Waals surface area contributed by atoms with Crippen LogP contribution in [0.25, 0.3) is 0 Å². The van der Waals surface area contributed by atoms with Gasteiger partial charge in [-0.25, -0.2) is 4.79 Å². The lowest BCUT2D eigenvalue weighted by atomic mass is 9.99. The van der Waals surface area contributed by atoms with E-state index in [2.05, 4.69) is 13.8 Å². The van der Waals surface area contributed by atoms with Crippen molar-refractivity contribution < 1.29 is 29.3 Å². The summed E-state index contributed by atoms with van der Waals surface area (Å²) in [4.78, 5) is 24.4. The molecular weight excluding hydrogens is 372 g/mol.